The van der Waals surface area contributed by atoms with Crippen molar-refractivity contribution in [1.82, 2.24) is 4.57 Å². The molecule has 0 aliphatic rings. The second-order valence-corrected chi connectivity index (χ2v) is 3.23. The third-order valence-corrected chi connectivity index (χ3v) is 2.38. The predicted molar refractivity (Wildman–Crippen MR) is 52.9 cm³/mol. The van der Waals surface area contributed by atoms with Crippen LogP contribution in [0.3, 0.4) is 0 Å². The molecule has 0 unspecified atom stereocenters. The fourth-order valence-corrected chi connectivity index (χ4v) is 1.54. The molecule has 0 aliphatic heterocycles. The van der Waals surface area contributed by atoms with E-state index in [1.165, 1.54) is 11.5 Å². The minimum atomic E-state index is -0.251. The summed E-state index contributed by atoms with van der Waals surface area (Å²) in [5.41, 5.74) is 1.12. The molecular formula is C10H10N2O2. The van der Waals surface area contributed by atoms with E-state index in [-0.39, 0.29) is 11.3 Å². The van der Waals surface area contributed by atoms with Crippen LogP contribution in [0.2, 0.25) is 0 Å². The molecular weight excluding hydrogens is 180 g/mol. The summed E-state index contributed by atoms with van der Waals surface area (Å²) in [5, 5.41) is 11.6. The molecule has 0 amide bonds. The van der Waals surface area contributed by atoms with Crippen LogP contribution in [0.4, 0.5) is 0 Å². The van der Waals surface area contributed by atoms with Gasteiger partial charge in [-0.2, -0.15) is 4.73 Å². The van der Waals surface area contributed by atoms with Gasteiger partial charge in [0.2, 0.25) is 5.52 Å². The van der Waals surface area contributed by atoms with Gasteiger partial charge in [0.05, 0.1) is 0 Å². The Morgan fingerprint density at radius 3 is 2.71 bits per heavy atom. The maximum atomic E-state index is 11.6. The van der Waals surface area contributed by atoms with Gasteiger partial charge in [0.15, 0.2) is 0 Å². The average Bonchev–Trinajstić information content (AvgIpc) is 2.23. The smallest absolute Gasteiger partial charge is 0.319 e. The lowest BCUT2D eigenvalue weighted by Gasteiger charge is -2.07. The van der Waals surface area contributed by atoms with Crippen molar-refractivity contribution in [1.29, 1.82) is 0 Å². The number of aryl methyl sites for hydroxylation is 1. The molecule has 0 atom stereocenters. The van der Waals surface area contributed by atoms with Crippen LogP contribution in [-0.2, 0) is 7.05 Å². The van der Waals surface area contributed by atoms with Gasteiger partial charge in [-0.15, -0.1) is 0 Å². The van der Waals surface area contributed by atoms with Crippen LogP contribution in [0.25, 0.3) is 11.0 Å². The Balaban J connectivity index is 3.10. The number of hydrogen-bond acceptors (Lipinski definition) is 2. The first kappa shape index (κ1) is 8.74. The molecule has 4 heteroatoms. The molecule has 0 aliphatic carbocycles. The fraction of sp³-hybridized carbons (Fsp3) is 0.200. The Morgan fingerprint density at radius 2 is 2.00 bits per heavy atom. The van der Waals surface area contributed by atoms with Crippen LogP contribution in [0.15, 0.2) is 29.1 Å². The summed E-state index contributed by atoms with van der Waals surface area (Å²) in [6.45, 7) is 1.53. The molecule has 0 bridgehead atoms. The fourth-order valence-electron chi connectivity index (χ4n) is 1.54. The molecule has 1 heterocycles. The van der Waals surface area contributed by atoms with Gasteiger partial charge in [-0.25, -0.2) is 0 Å². The third-order valence-electron chi connectivity index (χ3n) is 2.38. The van der Waals surface area contributed by atoms with Crippen molar-refractivity contribution in [3.05, 3.63) is 45.5 Å². The van der Waals surface area contributed by atoms with Crippen LogP contribution in [0.5, 0.6) is 0 Å². The first-order valence-corrected chi connectivity index (χ1v) is 4.31. The Bertz CT molecular complexity index is 558. The van der Waals surface area contributed by atoms with E-state index in [0.29, 0.717) is 15.8 Å². The van der Waals surface area contributed by atoms with Crippen molar-refractivity contribution < 1.29 is 4.73 Å². The molecule has 0 fully saturated rings. The summed E-state index contributed by atoms with van der Waals surface area (Å²) >= 11 is 0. The quantitative estimate of drug-likeness (QED) is 0.448. The average molecular weight is 190 g/mol. The van der Waals surface area contributed by atoms with Crippen molar-refractivity contribution in [3.63, 3.8) is 0 Å². The van der Waals surface area contributed by atoms with Gasteiger partial charge < -0.3 is 9.77 Å². The van der Waals surface area contributed by atoms with Crippen molar-refractivity contribution in [2.45, 2.75) is 6.92 Å². The van der Waals surface area contributed by atoms with Crippen molar-refractivity contribution in [2.75, 3.05) is 0 Å². The monoisotopic (exact) mass is 190 g/mol. The molecule has 0 radical (unpaired) electrons. The van der Waals surface area contributed by atoms with Crippen LogP contribution in [0, 0.1) is 12.1 Å². The van der Waals surface area contributed by atoms with Gasteiger partial charge in [-0.3, -0.25) is 4.79 Å². The summed E-state index contributed by atoms with van der Waals surface area (Å²) in [5.74, 6) is 0. The lowest BCUT2D eigenvalue weighted by Crippen LogP contribution is -2.41. The lowest BCUT2D eigenvalue weighted by molar-refractivity contribution is -0.585. The van der Waals surface area contributed by atoms with E-state index in [2.05, 4.69) is 0 Å². The zero-order chi connectivity index (χ0) is 10.3. The number of fused-ring (bicyclic) bond motifs is 1. The van der Waals surface area contributed by atoms with Gasteiger partial charge in [0, 0.05) is 20.0 Å². The minimum absolute atomic E-state index is 0.200. The molecule has 1 aromatic carbocycles. The standard InChI is InChI=1S/C10H10N2O2/c1-7-10(13)11(2)8-5-3-4-6-9(8)12(7)14/h3-6H,1-2H3. The van der Waals surface area contributed by atoms with Crippen LogP contribution >= 0.6 is 0 Å². The number of para-hydroxylation sites is 2. The Kier molecular flexibility index (Phi) is 1.77. The first-order valence-electron chi connectivity index (χ1n) is 4.31. The second-order valence-electron chi connectivity index (χ2n) is 3.23. The molecule has 0 saturated heterocycles. The lowest BCUT2D eigenvalue weighted by atomic mass is 10.3. The molecule has 4 nitrogen and oxygen atoms in total. The summed E-state index contributed by atoms with van der Waals surface area (Å²) in [7, 11) is 1.66. The maximum absolute atomic E-state index is 11.6. The van der Waals surface area contributed by atoms with E-state index in [1.54, 1.807) is 31.3 Å². The topological polar surface area (TPSA) is 48.9 Å². The van der Waals surface area contributed by atoms with E-state index in [9.17, 15) is 10.0 Å². The molecule has 0 spiro atoms. The number of nitrogens with zero attached hydrogens (tertiary/aromatic N) is 2. The third kappa shape index (κ3) is 1.00. The van der Waals surface area contributed by atoms with Gasteiger partial charge in [0.25, 0.3) is 5.69 Å². The van der Waals surface area contributed by atoms with Crippen LogP contribution in [-0.4, -0.2) is 4.57 Å². The maximum Gasteiger partial charge on any atom is 0.319 e. The highest BCUT2D eigenvalue weighted by molar-refractivity contribution is 5.71. The molecule has 72 valence electrons. The zero-order valence-electron chi connectivity index (χ0n) is 8.02. The van der Waals surface area contributed by atoms with Crippen LogP contribution < -0.4 is 10.3 Å². The van der Waals surface area contributed by atoms with Crippen molar-refractivity contribution in [3.8, 4) is 0 Å². The predicted octanol–water partition coefficient (Wildman–Crippen LogP) is 0.480. The molecule has 14 heavy (non-hydrogen) atoms. The molecule has 2 aromatic rings. The molecule has 0 saturated carbocycles. The van der Waals surface area contributed by atoms with E-state index in [0.717, 1.165) is 0 Å². The Morgan fingerprint density at radius 1 is 1.36 bits per heavy atom. The number of aromatic nitrogens is 2. The SMILES string of the molecule is Cc1c(=O)n(C)c2ccccc2[n+]1[O-]. The number of hydrogen-bond donors (Lipinski definition) is 0. The highest BCUT2D eigenvalue weighted by Gasteiger charge is 2.13. The van der Waals surface area contributed by atoms with E-state index in [1.807, 2.05) is 0 Å². The molecule has 2 rings (SSSR count). The summed E-state index contributed by atoms with van der Waals surface area (Å²) in [6, 6.07) is 7.04. The normalized spacial score (nSPS) is 10.7. The Hall–Kier alpha value is -1.84. The Labute approximate surface area is 80.6 Å². The van der Waals surface area contributed by atoms with E-state index < -0.39 is 0 Å². The van der Waals surface area contributed by atoms with Gasteiger partial charge >= 0.3 is 5.56 Å². The van der Waals surface area contributed by atoms with Gasteiger partial charge in [-0.1, -0.05) is 12.1 Å². The van der Waals surface area contributed by atoms with Gasteiger partial charge in [0.1, 0.15) is 5.52 Å². The molecule has 0 N–H and O–H groups in total. The van der Waals surface area contributed by atoms with Crippen molar-refractivity contribution >= 4 is 11.0 Å². The van der Waals surface area contributed by atoms with E-state index in [4.69, 9.17) is 0 Å². The minimum Gasteiger partial charge on any atom is -0.618 e. The molecule has 1 aromatic heterocycles. The number of benzene rings is 1. The van der Waals surface area contributed by atoms with Crippen LogP contribution in [0.1, 0.15) is 5.69 Å². The highest BCUT2D eigenvalue weighted by Crippen LogP contribution is 2.06. The van der Waals surface area contributed by atoms with Crippen molar-refractivity contribution in [2.24, 2.45) is 7.05 Å². The zero-order valence-corrected chi connectivity index (χ0v) is 8.02. The summed E-state index contributed by atoms with van der Waals surface area (Å²) in [6.07, 6.45) is 0. The van der Waals surface area contributed by atoms with Gasteiger partial charge in [-0.05, 0) is 6.07 Å². The summed E-state index contributed by atoms with van der Waals surface area (Å²) in [4.78, 5) is 11.5. The number of rotatable bonds is 0. The first-order chi connectivity index (χ1) is 6.63. The van der Waals surface area contributed by atoms with E-state index >= 15 is 0 Å². The second kappa shape index (κ2) is 2.83. The summed E-state index contributed by atoms with van der Waals surface area (Å²) < 4.78 is 2.16. The highest BCUT2D eigenvalue weighted by atomic mass is 16.5. The largest absolute Gasteiger partial charge is 0.618 e.